The summed E-state index contributed by atoms with van der Waals surface area (Å²) in [4.78, 5) is 28.0. The van der Waals surface area contributed by atoms with Crippen molar-refractivity contribution in [1.29, 1.82) is 0 Å². The van der Waals surface area contributed by atoms with Crippen LogP contribution in [0.15, 0.2) is 58.7 Å². The van der Waals surface area contributed by atoms with Crippen LogP contribution in [0.5, 0.6) is 0 Å². The highest BCUT2D eigenvalue weighted by molar-refractivity contribution is 6.31. The zero-order valence-corrected chi connectivity index (χ0v) is 20.1. The van der Waals surface area contributed by atoms with Crippen LogP contribution in [0.3, 0.4) is 0 Å². The largest absolute Gasteiger partial charge is 0.357 e. The molecular formula is C24H23Cl2N5O2. The average Bonchev–Trinajstić information content (AvgIpc) is 3.09. The maximum atomic E-state index is 12.4. The Bertz CT molecular complexity index is 1280. The molecule has 1 heterocycles. The van der Waals surface area contributed by atoms with Crippen molar-refractivity contribution in [3.8, 4) is 0 Å². The first-order valence-corrected chi connectivity index (χ1v) is 10.8. The van der Waals surface area contributed by atoms with Gasteiger partial charge in [-0.1, -0.05) is 35.3 Å². The van der Waals surface area contributed by atoms with Gasteiger partial charge in [0, 0.05) is 32.4 Å². The van der Waals surface area contributed by atoms with Crippen molar-refractivity contribution in [2.24, 2.45) is 10.2 Å². The molecule has 3 rings (SSSR count). The van der Waals surface area contributed by atoms with E-state index in [1.165, 1.54) is 0 Å². The second-order valence-electron chi connectivity index (χ2n) is 7.42. The number of hydrogen-bond acceptors (Lipinski definition) is 4. The highest BCUT2D eigenvalue weighted by Crippen LogP contribution is 2.20. The summed E-state index contributed by atoms with van der Waals surface area (Å²) < 4.78 is 0. The minimum atomic E-state index is -0.362. The van der Waals surface area contributed by atoms with Gasteiger partial charge in [0.2, 0.25) is 0 Å². The quantitative estimate of drug-likeness (QED) is 0.329. The van der Waals surface area contributed by atoms with Gasteiger partial charge in [-0.25, -0.2) is 10.9 Å². The second-order valence-corrected chi connectivity index (χ2v) is 8.29. The highest BCUT2D eigenvalue weighted by atomic mass is 35.5. The molecule has 0 aliphatic rings. The van der Waals surface area contributed by atoms with Crippen LogP contribution in [0, 0.1) is 13.8 Å². The lowest BCUT2D eigenvalue weighted by molar-refractivity contribution is 0.0947. The third-order valence-corrected chi connectivity index (χ3v) is 5.46. The van der Waals surface area contributed by atoms with E-state index < -0.39 is 0 Å². The Balaban J connectivity index is 1.76. The number of carbonyl (C=O) groups is 2. The van der Waals surface area contributed by atoms with Gasteiger partial charge in [-0.3, -0.25) is 9.59 Å². The number of hydrazone groups is 2. The maximum absolute atomic E-state index is 12.4. The fourth-order valence-electron chi connectivity index (χ4n) is 3.42. The Morgan fingerprint density at radius 2 is 1.30 bits per heavy atom. The second kappa shape index (κ2) is 10.5. The van der Waals surface area contributed by atoms with E-state index in [1.54, 1.807) is 62.4 Å². The van der Waals surface area contributed by atoms with Gasteiger partial charge in [0.1, 0.15) is 0 Å². The molecule has 0 saturated carbocycles. The maximum Gasteiger partial charge on any atom is 0.271 e. The number of rotatable bonds is 6. The lowest BCUT2D eigenvalue weighted by Gasteiger charge is -2.05. The topological polar surface area (TPSA) is 98.7 Å². The Kier molecular flexibility index (Phi) is 7.68. The van der Waals surface area contributed by atoms with E-state index in [1.807, 2.05) is 13.8 Å². The van der Waals surface area contributed by atoms with Crippen LogP contribution in [0.25, 0.3) is 0 Å². The summed E-state index contributed by atoms with van der Waals surface area (Å²) in [5, 5.41) is 9.41. The Morgan fingerprint density at radius 1 is 0.818 bits per heavy atom. The number of H-pyrrole nitrogens is 1. The van der Waals surface area contributed by atoms with Crippen molar-refractivity contribution >= 4 is 46.4 Å². The van der Waals surface area contributed by atoms with Crippen molar-refractivity contribution in [1.82, 2.24) is 15.8 Å². The molecule has 2 amide bonds. The summed E-state index contributed by atoms with van der Waals surface area (Å²) in [6, 6.07) is 13.3. The van der Waals surface area contributed by atoms with E-state index in [0.717, 1.165) is 22.5 Å². The summed E-state index contributed by atoms with van der Waals surface area (Å²) in [6.45, 7) is 7.41. The van der Waals surface area contributed by atoms with Crippen molar-refractivity contribution in [3.63, 3.8) is 0 Å². The molecule has 0 spiro atoms. The minimum absolute atomic E-state index is 0.357. The number of aromatic nitrogens is 1. The van der Waals surface area contributed by atoms with E-state index in [9.17, 15) is 9.59 Å². The van der Waals surface area contributed by atoms with Crippen LogP contribution in [0.1, 0.15) is 57.1 Å². The molecule has 7 nitrogen and oxygen atoms in total. The van der Waals surface area contributed by atoms with Gasteiger partial charge in [-0.2, -0.15) is 10.2 Å². The fourth-order valence-corrected chi connectivity index (χ4v) is 3.80. The van der Waals surface area contributed by atoms with Gasteiger partial charge in [-0.05, 0) is 69.7 Å². The minimum Gasteiger partial charge on any atom is -0.357 e. The van der Waals surface area contributed by atoms with Crippen LogP contribution in [0.4, 0.5) is 0 Å². The molecule has 9 heteroatoms. The zero-order chi connectivity index (χ0) is 24.1. The SMILES string of the molecule is CC(=NNC(=O)c1cccc(Cl)c1)c1[nH]c(C)c(C(C)=NNC(=O)c2cccc(Cl)c2)c1C. The molecule has 170 valence electrons. The number of carbonyl (C=O) groups excluding carboxylic acids is 2. The van der Waals surface area contributed by atoms with Crippen LogP contribution in [-0.4, -0.2) is 28.2 Å². The molecule has 0 atom stereocenters. The molecular weight excluding hydrogens is 461 g/mol. The van der Waals surface area contributed by atoms with Crippen molar-refractivity contribution in [2.75, 3.05) is 0 Å². The molecule has 0 bridgehead atoms. The van der Waals surface area contributed by atoms with E-state index in [2.05, 4.69) is 26.0 Å². The molecule has 3 N–H and O–H groups in total. The highest BCUT2D eigenvalue weighted by Gasteiger charge is 2.17. The molecule has 0 aliphatic carbocycles. The molecule has 0 saturated heterocycles. The number of aromatic amines is 1. The van der Waals surface area contributed by atoms with Crippen LogP contribution >= 0.6 is 23.2 Å². The van der Waals surface area contributed by atoms with Crippen LogP contribution in [0.2, 0.25) is 10.0 Å². The third-order valence-electron chi connectivity index (χ3n) is 4.99. The van der Waals surface area contributed by atoms with Gasteiger partial charge < -0.3 is 4.98 Å². The van der Waals surface area contributed by atoms with Crippen LogP contribution < -0.4 is 10.9 Å². The number of nitrogens with one attached hydrogen (secondary N) is 3. The fraction of sp³-hybridized carbons (Fsp3) is 0.167. The summed E-state index contributed by atoms with van der Waals surface area (Å²) in [5.41, 5.74) is 10.5. The van der Waals surface area contributed by atoms with Gasteiger partial charge in [0.25, 0.3) is 11.8 Å². The van der Waals surface area contributed by atoms with Gasteiger partial charge in [-0.15, -0.1) is 0 Å². The number of amides is 2. The number of benzene rings is 2. The normalized spacial score (nSPS) is 11.9. The smallest absolute Gasteiger partial charge is 0.271 e. The van der Waals surface area contributed by atoms with Crippen molar-refractivity contribution < 1.29 is 9.59 Å². The van der Waals surface area contributed by atoms with E-state index in [0.29, 0.717) is 32.6 Å². The molecule has 0 aliphatic heterocycles. The summed E-state index contributed by atoms with van der Waals surface area (Å²) in [5.74, 6) is -0.719. The van der Waals surface area contributed by atoms with E-state index in [4.69, 9.17) is 23.2 Å². The standard InChI is InChI=1S/C24H23Cl2N5O2/c1-13-21(15(3)28-30-23(32)17-7-5-9-19(25)11-17)14(2)27-22(13)16(4)29-31-24(33)18-8-6-10-20(26)12-18/h5-12,27H,1-4H3,(H,30,32)(H,31,33). The number of aryl methyl sites for hydroxylation is 1. The number of nitrogens with zero attached hydrogens (tertiary/aromatic N) is 2. The van der Waals surface area contributed by atoms with E-state index in [-0.39, 0.29) is 11.8 Å². The molecule has 0 fully saturated rings. The Morgan fingerprint density at radius 3 is 1.79 bits per heavy atom. The van der Waals surface area contributed by atoms with Crippen LogP contribution in [-0.2, 0) is 0 Å². The lowest BCUT2D eigenvalue weighted by Crippen LogP contribution is -2.20. The third kappa shape index (κ3) is 5.88. The first-order chi connectivity index (χ1) is 15.7. The van der Waals surface area contributed by atoms with Crippen molar-refractivity contribution in [2.45, 2.75) is 27.7 Å². The first-order valence-electron chi connectivity index (χ1n) is 10.1. The van der Waals surface area contributed by atoms with Crippen molar-refractivity contribution in [3.05, 3.63) is 92.2 Å². The number of halogens is 2. The molecule has 0 radical (unpaired) electrons. The predicted molar refractivity (Wildman–Crippen MR) is 133 cm³/mol. The molecule has 33 heavy (non-hydrogen) atoms. The van der Waals surface area contributed by atoms with E-state index >= 15 is 0 Å². The summed E-state index contributed by atoms with van der Waals surface area (Å²) in [6.07, 6.45) is 0. The first kappa shape index (κ1) is 24.2. The van der Waals surface area contributed by atoms with Gasteiger partial charge in [0.15, 0.2) is 0 Å². The zero-order valence-electron chi connectivity index (χ0n) is 18.6. The lowest BCUT2D eigenvalue weighted by atomic mass is 10.0. The van der Waals surface area contributed by atoms with Gasteiger partial charge >= 0.3 is 0 Å². The molecule has 1 aromatic heterocycles. The van der Waals surface area contributed by atoms with Gasteiger partial charge in [0.05, 0.1) is 17.1 Å². The number of hydrogen-bond donors (Lipinski definition) is 3. The average molecular weight is 484 g/mol. The monoisotopic (exact) mass is 483 g/mol. The Hall–Kier alpha value is -3.42. The Labute approximate surface area is 201 Å². The summed E-state index contributed by atoms with van der Waals surface area (Å²) >= 11 is 11.9. The molecule has 3 aromatic rings. The predicted octanol–water partition coefficient (Wildman–Crippen LogP) is 5.25. The molecule has 2 aromatic carbocycles. The summed E-state index contributed by atoms with van der Waals surface area (Å²) in [7, 11) is 0. The molecule has 0 unspecified atom stereocenters.